The number of nitrogens with zero attached hydrogens (tertiary/aromatic N) is 2. The van der Waals surface area contributed by atoms with Crippen LogP contribution in [0.5, 0.6) is 0 Å². The molecule has 2 aliphatic heterocycles. The molecule has 6 nitrogen and oxygen atoms in total. The molecule has 2 rings (SSSR count). The van der Waals surface area contributed by atoms with E-state index in [9.17, 15) is 13.2 Å². The van der Waals surface area contributed by atoms with Gasteiger partial charge < -0.3 is 9.64 Å². The zero-order valence-electron chi connectivity index (χ0n) is 12.2. The maximum absolute atomic E-state index is 12.6. The average molecular weight is 304 g/mol. The van der Waals surface area contributed by atoms with E-state index in [1.54, 1.807) is 4.90 Å². The zero-order valence-corrected chi connectivity index (χ0v) is 13.1. The topological polar surface area (TPSA) is 66.9 Å². The van der Waals surface area contributed by atoms with E-state index in [2.05, 4.69) is 0 Å². The summed E-state index contributed by atoms with van der Waals surface area (Å²) in [6, 6.07) is -0.519. The SMILES string of the molecule is CCC1CN(C(=O)C2CCCCN2S(C)(=O)=O)CCO1. The van der Waals surface area contributed by atoms with Crippen LogP contribution in [-0.2, 0) is 19.6 Å². The lowest BCUT2D eigenvalue weighted by Gasteiger charge is -2.39. The van der Waals surface area contributed by atoms with Crippen LogP contribution in [0.15, 0.2) is 0 Å². The van der Waals surface area contributed by atoms with Gasteiger partial charge in [-0.25, -0.2) is 8.42 Å². The molecule has 0 aromatic rings. The number of hydrogen-bond acceptors (Lipinski definition) is 4. The van der Waals surface area contributed by atoms with Gasteiger partial charge in [0.05, 0.1) is 19.0 Å². The number of morpholine rings is 1. The van der Waals surface area contributed by atoms with Crippen LogP contribution < -0.4 is 0 Å². The van der Waals surface area contributed by atoms with Gasteiger partial charge in [-0.1, -0.05) is 13.3 Å². The molecule has 0 bridgehead atoms. The molecule has 0 aromatic heterocycles. The van der Waals surface area contributed by atoms with Gasteiger partial charge in [-0.2, -0.15) is 4.31 Å². The Bertz CT molecular complexity index is 451. The highest BCUT2D eigenvalue weighted by atomic mass is 32.2. The molecule has 2 saturated heterocycles. The van der Waals surface area contributed by atoms with Gasteiger partial charge in [-0.15, -0.1) is 0 Å². The summed E-state index contributed by atoms with van der Waals surface area (Å²) in [6.45, 7) is 4.15. The first-order valence-corrected chi connectivity index (χ1v) is 9.15. The Morgan fingerprint density at radius 1 is 1.30 bits per heavy atom. The van der Waals surface area contributed by atoms with E-state index in [1.165, 1.54) is 10.6 Å². The summed E-state index contributed by atoms with van der Waals surface area (Å²) >= 11 is 0. The zero-order chi connectivity index (χ0) is 14.8. The second kappa shape index (κ2) is 6.41. The number of rotatable bonds is 3. The van der Waals surface area contributed by atoms with Crippen LogP contribution in [0.1, 0.15) is 32.6 Å². The third kappa shape index (κ3) is 3.51. The Labute approximate surface area is 121 Å². The number of carbonyl (C=O) groups excluding carboxylic acids is 1. The molecule has 2 unspecified atom stereocenters. The van der Waals surface area contributed by atoms with Gasteiger partial charge in [0.1, 0.15) is 6.04 Å². The molecular weight excluding hydrogens is 280 g/mol. The average Bonchev–Trinajstić information content (AvgIpc) is 2.45. The van der Waals surface area contributed by atoms with E-state index >= 15 is 0 Å². The fraction of sp³-hybridized carbons (Fsp3) is 0.923. The van der Waals surface area contributed by atoms with E-state index in [1.807, 2.05) is 6.92 Å². The van der Waals surface area contributed by atoms with Gasteiger partial charge in [0.2, 0.25) is 15.9 Å². The molecule has 2 aliphatic rings. The molecule has 7 heteroatoms. The van der Waals surface area contributed by atoms with E-state index in [0.717, 1.165) is 19.3 Å². The molecule has 0 spiro atoms. The molecule has 2 heterocycles. The first kappa shape index (κ1) is 15.7. The standard InChI is InChI=1S/C13H24N2O4S/c1-3-11-10-14(8-9-19-11)13(16)12-6-4-5-7-15(12)20(2,17)18/h11-12H,3-10H2,1-2H3. The summed E-state index contributed by atoms with van der Waals surface area (Å²) in [5.41, 5.74) is 0. The third-order valence-corrected chi connectivity index (χ3v) is 5.36. The maximum Gasteiger partial charge on any atom is 0.241 e. The van der Waals surface area contributed by atoms with Crippen LogP contribution in [0.3, 0.4) is 0 Å². The number of carbonyl (C=O) groups is 1. The normalized spacial score (nSPS) is 29.4. The fourth-order valence-electron chi connectivity index (χ4n) is 2.93. The number of piperidine rings is 1. The Balaban J connectivity index is 2.09. The molecule has 116 valence electrons. The molecule has 20 heavy (non-hydrogen) atoms. The third-order valence-electron chi connectivity index (χ3n) is 4.07. The maximum atomic E-state index is 12.6. The number of amides is 1. The van der Waals surface area contributed by atoms with Gasteiger partial charge in [0.25, 0.3) is 0 Å². The molecule has 2 atom stereocenters. The highest BCUT2D eigenvalue weighted by Gasteiger charge is 2.37. The molecular formula is C13H24N2O4S. The van der Waals surface area contributed by atoms with Crippen molar-refractivity contribution in [1.82, 2.24) is 9.21 Å². The quantitative estimate of drug-likeness (QED) is 0.759. The second-order valence-corrected chi connectivity index (χ2v) is 7.51. The smallest absolute Gasteiger partial charge is 0.241 e. The predicted molar refractivity (Wildman–Crippen MR) is 75.8 cm³/mol. The Hall–Kier alpha value is -0.660. The van der Waals surface area contributed by atoms with E-state index in [4.69, 9.17) is 4.74 Å². The molecule has 0 radical (unpaired) electrons. The second-order valence-electron chi connectivity index (χ2n) is 5.57. The van der Waals surface area contributed by atoms with Crippen LogP contribution >= 0.6 is 0 Å². The summed E-state index contributed by atoms with van der Waals surface area (Å²) < 4.78 is 30.6. The van der Waals surface area contributed by atoms with Gasteiger partial charge in [0, 0.05) is 19.6 Å². The first-order chi connectivity index (χ1) is 9.43. The van der Waals surface area contributed by atoms with Crippen LogP contribution in [-0.4, -0.2) is 68.2 Å². The van der Waals surface area contributed by atoms with Crippen molar-refractivity contribution in [2.24, 2.45) is 0 Å². The van der Waals surface area contributed by atoms with Crippen molar-refractivity contribution in [3.05, 3.63) is 0 Å². The number of sulfonamides is 1. The van der Waals surface area contributed by atoms with Gasteiger partial charge in [0.15, 0.2) is 0 Å². The van der Waals surface area contributed by atoms with Crippen molar-refractivity contribution in [3.63, 3.8) is 0 Å². The van der Waals surface area contributed by atoms with Gasteiger partial charge in [-0.05, 0) is 19.3 Å². The number of ether oxygens (including phenoxy) is 1. The highest BCUT2D eigenvalue weighted by molar-refractivity contribution is 7.88. The predicted octanol–water partition coefficient (Wildman–Crippen LogP) is 0.438. The molecule has 0 saturated carbocycles. The minimum Gasteiger partial charge on any atom is -0.375 e. The lowest BCUT2D eigenvalue weighted by Crippen LogP contribution is -2.56. The Morgan fingerprint density at radius 2 is 2.05 bits per heavy atom. The van der Waals surface area contributed by atoms with Crippen LogP contribution in [0, 0.1) is 0 Å². The minimum atomic E-state index is -3.32. The number of hydrogen-bond donors (Lipinski definition) is 0. The van der Waals surface area contributed by atoms with E-state index in [-0.39, 0.29) is 12.0 Å². The van der Waals surface area contributed by atoms with E-state index < -0.39 is 16.1 Å². The Kier molecular flexibility index (Phi) is 5.04. The lowest BCUT2D eigenvalue weighted by atomic mass is 10.0. The van der Waals surface area contributed by atoms with Crippen molar-refractivity contribution in [3.8, 4) is 0 Å². The summed E-state index contributed by atoms with van der Waals surface area (Å²) in [6.07, 6.45) is 4.49. The summed E-state index contributed by atoms with van der Waals surface area (Å²) in [4.78, 5) is 14.4. The van der Waals surface area contributed by atoms with Gasteiger partial charge >= 0.3 is 0 Å². The lowest BCUT2D eigenvalue weighted by molar-refractivity contribution is -0.143. The van der Waals surface area contributed by atoms with Crippen molar-refractivity contribution in [1.29, 1.82) is 0 Å². The van der Waals surface area contributed by atoms with E-state index in [0.29, 0.717) is 32.7 Å². The fourth-order valence-corrected chi connectivity index (χ4v) is 4.04. The molecule has 0 aliphatic carbocycles. The molecule has 0 aromatic carbocycles. The van der Waals surface area contributed by atoms with Crippen molar-refractivity contribution in [2.45, 2.75) is 44.8 Å². The molecule has 2 fully saturated rings. The highest BCUT2D eigenvalue weighted by Crippen LogP contribution is 2.22. The van der Waals surface area contributed by atoms with Crippen molar-refractivity contribution < 1.29 is 17.9 Å². The van der Waals surface area contributed by atoms with Gasteiger partial charge in [-0.3, -0.25) is 4.79 Å². The van der Waals surface area contributed by atoms with Crippen LogP contribution in [0.4, 0.5) is 0 Å². The summed E-state index contributed by atoms with van der Waals surface area (Å²) in [7, 11) is -3.32. The van der Waals surface area contributed by atoms with Crippen LogP contribution in [0.25, 0.3) is 0 Å². The first-order valence-electron chi connectivity index (χ1n) is 7.30. The van der Waals surface area contributed by atoms with Crippen LogP contribution in [0.2, 0.25) is 0 Å². The van der Waals surface area contributed by atoms with Crippen molar-refractivity contribution in [2.75, 3.05) is 32.5 Å². The largest absolute Gasteiger partial charge is 0.375 e. The minimum absolute atomic E-state index is 0.0584. The monoisotopic (exact) mass is 304 g/mol. The van der Waals surface area contributed by atoms with Crippen molar-refractivity contribution >= 4 is 15.9 Å². The molecule has 1 amide bonds. The molecule has 0 N–H and O–H groups in total. The summed E-state index contributed by atoms with van der Waals surface area (Å²) in [5.74, 6) is -0.0584. The Morgan fingerprint density at radius 3 is 2.70 bits per heavy atom. The summed E-state index contributed by atoms with van der Waals surface area (Å²) in [5, 5.41) is 0.